The molecule has 32 heavy (non-hydrogen) atoms. The van der Waals surface area contributed by atoms with E-state index in [0.717, 1.165) is 22.6 Å². The van der Waals surface area contributed by atoms with E-state index in [4.69, 9.17) is 11.6 Å². The van der Waals surface area contributed by atoms with Gasteiger partial charge in [0.05, 0.1) is 5.69 Å². The van der Waals surface area contributed by atoms with Crippen LogP contribution in [0.2, 0.25) is 0 Å². The summed E-state index contributed by atoms with van der Waals surface area (Å²) in [5.41, 5.74) is 2.70. The van der Waals surface area contributed by atoms with Gasteiger partial charge in [-0.05, 0) is 73.2 Å². The Balaban J connectivity index is 1.48. The minimum atomic E-state index is -0.708. The SMILES string of the molecule is Cc1cccc(NC(=O)c2ccc(NC3=C(Cl)C(=O)N(c4ccc(F)cc4)C3=O)cc2)c1. The maximum absolute atomic E-state index is 13.2. The van der Waals surface area contributed by atoms with E-state index in [1.165, 1.54) is 12.1 Å². The average molecular weight is 450 g/mol. The first kappa shape index (κ1) is 21.3. The lowest BCUT2D eigenvalue weighted by molar-refractivity contribution is -0.120. The van der Waals surface area contributed by atoms with Gasteiger partial charge < -0.3 is 10.6 Å². The highest BCUT2D eigenvalue weighted by Gasteiger charge is 2.38. The van der Waals surface area contributed by atoms with Gasteiger partial charge in [0.2, 0.25) is 0 Å². The second-order valence-corrected chi connectivity index (χ2v) is 7.52. The van der Waals surface area contributed by atoms with Crippen LogP contribution in [-0.2, 0) is 9.59 Å². The molecule has 3 aromatic carbocycles. The van der Waals surface area contributed by atoms with Crippen molar-refractivity contribution < 1.29 is 18.8 Å². The molecule has 0 saturated carbocycles. The molecule has 0 saturated heterocycles. The molecule has 8 heteroatoms. The average Bonchev–Trinajstić information content (AvgIpc) is 2.98. The highest BCUT2D eigenvalue weighted by atomic mass is 35.5. The molecule has 4 rings (SSSR count). The Labute approximate surface area is 188 Å². The number of aryl methyl sites for hydroxylation is 1. The van der Waals surface area contributed by atoms with Gasteiger partial charge in [-0.2, -0.15) is 0 Å². The Bertz CT molecular complexity index is 1250. The highest BCUT2D eigenvalue weighted by Crippen LogP contribution is 2.30. The molecule has 3 aromatic rings. The second kappa shape index (κ2) is 8.64. The molecule has 0 atom stereocenters. The number of hydrogen-bond donors (Lipinski definition) is 2. The molecular formula is C24H17ClFN3O3. The first-order valence-electron chi connectivity index (χ1n) is 9.63. The standard InChI is InChI=1S/C24H17ClFN3O3/c1-14-3-2-4-18(13-14)28-22(30)15-5-9-17(10-6-15)27-21-20(25)23(31)29(24(21)32)19-11-7-16(26)8-12-19/h2-13,27H,1H3,(H,28,30). The predicted molar refractivity (Wildman–Crippen MR) is 121 cm³/mol. The largest absolute Gasteiger partial charge is 0.350 e. The molecule has 0 bridgehead atoms. The quantitative estimate of drug-likeness (QED) is 0.547. The maximum Gasteiger partial charge on any atom is 0.283 e. The normalized spacial score (nSPS) is 13.5. The number of hydrogen-bond acceptors (Lipinski definition) is 4. The van der Waals surface area contributed by atoms with Crippen molar-refractivity contribution in [1.29, 1.82) is 0 Å². The molecule has 0 radical (unpaired) electrons. The number of nitrogens with zero attached hydrogens (tertiary/aromatic N) is 1. The zero-order chi connectivity index (χ0) is 22.8. The Kier molecular flexibility index (Phi) is 5.75. The van der Waals surface area contributed by atoms with Crippen LogP contribution in [0.1, 0.15) is 15.9 Å². The first-order chi connectivity index (χ1) is 15.3. The zero-order valence-electron chi connectivity index (χ0n) is 16.9. The number of amides is 3. The molecule has 6 nitrogen and oxygen atoms in total. The molecule has 3 amide bonds. The van der Waals surface area contributed by atoms with Crippen molar-refractivity contribution >= 4 is 46.4 Å². The van der Waals surface area contributed by atoms with Gasteiger partial charge in [-0.3, -0.25) is 14.4 Å². The molecule has 1 aliphatic rings. The summed E-state index contributed by atoms with van der Waals surface area (Å²) in [7, 11) is 0. The number of benzene rings is 3. The first-order valence-corrected chi connectivity index (χ1v) is 10.0. The monoisotopic (exact) mass is 449 g/mol. The third-order valence-corrected chi connectivity index (χ3v) is 5.16. The van der Waals surface area contributed by atoms with Gasteiger partial charge in [0.1, 0.15) is 16.5 Å². The van der Waals surface area contributed by atoms with Gasteiger partial charge in [0.25, 0.3) is 17.7 Å². The summed E-state index contributed by atoms with van der Waals surface area (Å²) in [6.45, 7) is 1.93. The lowest BCUT2D eigenvalue weighted by Gasteiger charge is -2.15. The van der Waals surface area contributed by atoms with Gasteiger partial charge in [0, 0.05) is 16.9 Å². The van der Waals surface area contributed by atoms with E-state index in [-0.39, 0.29) is 22.3 Å². The van der Waals surface area contributed by atoms with E-state index in [1.807, 2.05) is 25.1 Å². The van der Waals surface area contributed by atoms with E-state index in [2.05, 4.69) is 10.6 Å². The Morgan fingerprint density at radius 1 is 0.906 bits per heavy atom. The van der Waals surface area contributed by atoms with Crippen molar-refractivity contribution in [2.45, 2.75) is 6.92 Å². The van der Waals surface area contributed by atoms with Crippen LogP contribution in [0.3, 0.4) is 0 Å². The Morgan fingerprint density at radius 2 is 1.59 bits per heavy atom. The summed E-state index contributed by atoms with van der Waals surface area (Å²) in [5.74, 6) is -2.14. The summed E-state index contributed by atoms with van der Waals surface area (Å²) in [6, 6.07) is 18.7. The molecular weight excluding hydrogens is 433 g/mol. The Morgan fingerprint density at radius 3 is 2.25 bits per heavy atom. The van der Waals surface area contributed by atoms with E-state index < -0.39 is 17.6 Å². The fraction of sp³-hybridized carbons (Fsp3) is 0.0417. The van der Waals surface area contributed by atoms with Crippen LogP contribution in [0.5, 0.6) is 0 Å². The van der Waals surface area contributed by atoms with Crippen LogP contribution >= 0.6 is 11.6 Å². The van der Waals surface area contributed by atoms with Crippen LogP contribution in [0.15, 0.2) is 83.5 Å². The summed E-state index contributed by atoms with van der Waals surface area (Å²) in [5, 5.41) is 5.38. The number of rotatable bonds is 5. The highest BCUT2D eigenvalue weighted by molar-refractivity contribution is 6.53. The zero-order valence-corrected chi connectivity index (χ0v) is 17.6. The summed E-state index contributed by atoms with van der Waals surface area (Å²) in [4.78, 5) is 38.6. The van der Waals surface area contributed by atoms with Crippen LogP contribution in [0.25, 0.3) is 0 Å². The van der Waals surface area contributed by atoms with E-state index in [1.54, 1.807) is 30.3 Å². The number of nitrogens with one attached hydrogen (secondary N) is 2. The van der Waals surface area contributed by atoms with Crippen molar-refractivity contribution in [2.24, 2.45) is 0 Å². The van der Waals surface area contributed by atoms with Gasteiger partial charge in [-0.25, -0.2) is 9.29 Å². The van der Waals surface area contributed by atoms with Crippen LogP contribution in [0, 0.1) is 12.7 Å². The molecule has 0 spiro atoms. The van der Waals surface area contributed by atoms with Crippen molar-refractivity contribution in [3.05, 3.63) is 100 Å². The minimum Gasteiger partial charge on any atom is -0.350 e. The molecule has 2 N–H and O–H groups in total. The summed E-state index contributed by atoms with van der Waals surface area (Å²) < 4.78 is 13.2. The van der Waals surface area contributed by atoms with E-state index in [9.17, 15) is 18.8 Å². The van der Waals surface area contributed by atoms with Gasteiger partial charge in [0.15, 0.2) is 0 Å². The summed E-state index contributed by atoms with van der Waals surface area (Å²) >= 11 is 6.10. The third-order valence-electron chi connectivity index (χ3n) is 4.80. The third kappa shape index (κ3) is 4.24. The van der Waals surface area contributed by atoms with Crippen molar-refractivity contribution in [2.75, 3.05) is 15.5 Å². The molecule has 160 valence electrons. The number of imide groups is 1. The topological polar surface area (TPSA) is 78.5 Å². The van der Waals surface area contributed by atoms with Crippen molar-refractivity contribution in [1.82, 2.24) is 0 Å². The van der Waals surface area contributed by atoms with E-state index in [0.29, 0.717) is 16.9 Å². The second-order valence-electron chi connectivity index (χ2n) is 7.14. The number of carbonyl (C=O) groups excluding carboxylic acids is 3. The molecule has 1 heterocycles. The maximum atomic E-state index is 13.2. The number of carbonyl (C=O) groups is 3. The molecule has 1 aliphatic heterocycles. The van der Waals surface area contributed by atoms with Crippen LogP contribution in [-0.4, -0.2) is 17.7 Å². The molecule has 0 aliphatic carbocycles. The Hall–Kier alpha value is -3.97. The van der Waals surface area contributed by atoms with Crippen molar-refractivity contribution in [3.63, 3.8) is 0 Å². The minimum absolute atomic E-state index is 0.0991. The number of halogens is 2. The summed E-state index contributed by atoms with van der Waals surface area (Å²) in [6.07, 6.45) is 0. The van der Waals surface area contributed by atoms with Crippen LogP contribution < -0.4 is 15.5 Å². The van der Waals surface area contributed by atoms with Crippen LogP contribution in [0.4, 0.5) is 21.5 Å². The molecule has 0 aromatic heterocycles. The lowest BCUT2D eigenvalue weighted by Crippen LogP contribution is -2.32. The fourth-order valence-corrected chi connectivity index (χ4v) is 3.42. The lowest BCUT2D eigenvalue weighted by atomic mass is 10.1. The molecule has 0 unspecified atom stereocenters. The number of anilines is 3. The van der Waals surface area contributed by atoms with E-state index >= 15 is 0 Å². The van der Waals surface area contributed by atoms with Gasteiger partial charge in [-0.1, -0.05) is 23.7 Å². The van der Waals surface area contributed by atoms with Crippen molar-refractivity contribution in [3.8, 4) is 0 Å². The van der Waals surface area contributed by atoms with Gasteiger partial charge >= 0.3 is 0 Å². The molecule has 0 fully saturated rings. The fourth-order valence-electron chi connectivity index (χ4n) is 3.21. The smallest absolute Gasteiger partial charge is 0.283 e. The predicted octanol–water partition coefficient (Wildman–Crippen LogP) is 4.82. The van der Waals surface area contributed by atoms with Gasteiger partial charge in [-0.15, -0.1) is 0 Å².